The number of pyridine rings is 1. The van der Waals surface area contributed by atoms with E-state index in [0.717, 1.165) is 66.6 Å². The lowest BCUT2D eigenvalue weighted by Crippen LogP contribution is -2.03. The molecule has 79 heavy (non-hydrogen) atoms. The Hall–Kier alpha value is -9.99. The number of benzene rings is 11. The second-order valence-corrected chi connectivity index (χ2v) is 22.7. The van der Waals surface area contributed by atoms with Gasteiger partial charge in [0.25, 0.3) is 0 Å². The van der Waals surface area contributed by atoms with Crippen LogP contribution in [0.4, 0.5) is 0 Å². The highest BCUT2D eigenvalue weighted by Crippen LogP contribution is 2.50. The van der Waals surface area contributed by atoms with Gasteiger partial charge in [-0.1, -0.05) is 164 Å². The smallest absolute Gasteiger partial charge is 0.235 e. The first-order valence-corrected chi connectivity index (χ1v) is 28.3. The molecule has 18 aromatic rings. The molecule has 7 heterocycles. The maximum atomic E-state index is 5.52. The van der Waals surface area contributed by atoms with Crippen LogP contribution in [0.2, 0.25) is 0 Å². The molecule has 6 nitrogen and oxygen atoms in total. The van der Waals surface area contributed by atoms with Gasteiger partial charge in [0.1, 0.15) is 0 Å². The maximum absolute atomic E-state index is 5.52. The van der Waals surface area contributed by atoms with E-state index in [0.29, 0.717) is 5.95 Å². The first kappa shape index (κ1) is 43.1. The van der Waals surface area contributed by atoms with Crippen LogP contribution in [0.1, 0.15) is 0 Å². The summed E-state index contributed by atoms with van der Waals surface area (Å²) >= 11 is 3.71. The van der Waals surface area contributed by atoms with Crippen molar-refractivity contribution < 1.29 is 0 Å². The fourth-order valence-electron chi connectivity index (χ4n) is 13.2. The summed E-state index contributed by atoms with van der Waals surface area (Å²) in [6.45, 7) is 0. The van der Waals surface area contributed by atoms with E-state index in [1.54, 1.807) is 0 Å². The normalized spacial score (nSPS) is 12.3. The van der Waals surface area contributed by atoms with Crippen LogP contribution in [0.15, 0.2) is 243 Å². The Morgan fingerprint density at radius 2 is 0.949 bits per heavy atom. The molecule has 0 saturated carbocycles. The SMILES string of the molecule is c1ccc(-c2nc(-n3c4ccccc4c4c5c6ccccc6sc5c5cc(-c6cccc7c6c6ccccc6n7-c6ccc7sc8c(-n9c%10ccccc%10c%10ccccc%109)nccc8c7c6)ccc5c43)nc3ccccc23)cc1. The Morgan fingerprint density at radius 3 is 1.73 bits per heavy atom. The second-order valence-electron chi connectivity index (χ2n) is 20.6. The summed E-state index contributed by atoms with van der Waals surface area (Å²) in [5, 5.41) is 15.7. The zero-order valence-corrected chi connectivity index (χ0v) is 43.7. The number of nitrogens with zero attached hydrogens (tertiary/aromatic N) is 6. The number of aromatic nitrogens is 6. The summed E-state index contributed by atoms with van der Waals surface area (Å²) in [6, 6.07) is 86.1. The molecule has 7 aromatic heterocycles. The van der Waals surface area contributed by atoms with E-state index in [-0.39, 0.29) is 0 Å². The molecule has 11 aromatic carbocycles. The van der Waals surface area contributed by atoms with E-state index < -0.39 is 0 Å². The summed E-state index contributed by atoms with van der Waals surface area (Å²) in [5.74, 6) is 1.61. The van der Waals surface area contributed by atoms with Crippen molar-refractivity contribution in [3.05, 3.63) is 243 Å². The summed E-state index contributed by atoms with van der Waals surface area (Å²) in [5.41, 5.74) is 13.2. The monoisotopic (exact) mass is 1040 g/mol. The predicted molar refractivity (Wildman–Crippen MR) is 335 cm³/mol. The van der Waals surface area contributed by atoms with Crippen molar-refractivity contribution in [1.82, 2.24) is 28.7 Å². The first-order valence-electron chi connectivity index (χ1n) is 26.7. The molecule has 0 aliphatic heterocycles. The van der Waals surface area contributed by atoms with Crippen molar-refractivity contribution >= 4 is 150 Å². The number of thiophene rings is 2. The molecular formula is C71H40N6S2. The molecule has 0 aliphatic rings. The van der Waals surface area contributed by atoms with Crippen molar-refractivity contribution in [3.8, 4) is 39.8 Å². The molecule has 0 spiro atoms. The van der Waals surface area contributed by atoms with E-state index >= 15 is 0 Å². The molecule has 0 radical (unpaired) electrons. The molecule has 0 bridgehead atoms. The molecular weight excluding hydrogens is 1000 g/mol. The minimum Gasteiger partial charge on any atom is -0.309 e. The standard InChI is InChI=1S/C71H40N6S2/c1-2-17-41(18-3-1)66-49-21-4-10-26-55(49)73-71(74-66)77-59-30-14-8-23-51(59)64-65-52-24-9-15-32-61(52)78-68(65)54-39-42(33-35-47(54)67(64)77)44-25-16-31-60-63(44)50-22-7-13-29-58(50)75(60)43-34-36-62-53(40-43)48-37-38-72-70(69(48)79-62)76-56-27-11-5-19-45(56)46-20-6-12-28-57(46)76/h1-40H. The highest BCUT2D eigenvalue weighted by molar-refractivity contribution is 7.27. The number of fused-ring (bicyclic) bond motifs is 20. The van der Waals surface area contributed by atoms with Crippen LogP contribution in [0.5, 0.6) is 0 Å². The average Bonchev–Trinajstić information content (AvgIpc) is 4.51. The molecule has 0 fully saturated rings. The van der Waals surface area contributed by atoms with Crippen molar-refractivity contribution in [3.63, 3.8) is 0 Å². The number of hydrogen-bond acceptors (Lipinski definition) is 5. The molecule has 0 amide bonds. The molecule has 0 atom stereocenters. The van der Waals surface area contributed by atoms with E-state index in [2.05, 4.69) is 250 Å². The largest absolute Gasteiger partial charge is 0.309 e. The van der Waals surface area contributed by atoms with E-state index in [1.165, 1.54) is 94.7 Å². The van der Waals surface area contributed by atoms with Gasteiger partial charge in [0.15, 0.2) is 5.82 Å². The lowest BCUT2D eigenvalue weighted by atomic mass is 9.94. The van der Waals surface area contributed by atoms with Gasteiger partial charge in [0.05, 0.1) is 49.0 Å². The Labute approximate surface area is 458 Å². The van der Waals surface area contributed by atoms with Gasteiger partial charge >= 0.3 is 0 Å². The number of rotatable bonds is 5. The van der Waals surface area contributed by atoms with Gasteiger partial charge < -0.3 is 4.57 Å². The van der Waals surface area contributed by atoms with Crippen molar-refractivity contribution in [1.29, 1.82) is 0 Å². The van der Waals surface area contributed by atoms with Crippen LogP contribution in [-0.2, 0) is 0 Å². The van der Waals surface area contributed by atoms with Gasteiger partial charge in [-0.3, -0.25) is 9.13 Å². The third-order valence-corrected chi connectivity index (χ3v) is 18.9. The maximum Gasteiger partial charge on any atom is 0.235 e. The average molecular weight is 1040 g/mol. The van der Waals surface area contributed by atoms with Crippen LogP contribution in [0.25, 0.3) is 167 Å². The molecule has 18 rings (SSSR count). The first-order chi connectivity index (χ1) is 39.2. The van der Waals surface area contributed by atoms with Gasteiger partial charge in [-0.05, 0) is 83.9 Å². The van der Waals surface area contributed by atoms with E-state index in [4.69, 9.17) is 15.0 Å². The summed E-state index contributed by atoms with van der Waals surface area (Å²) < 4.78 is 12.1. The zero-order chi connectivity index (χ0) is 51.4. The number of para-hydroxylation sites is 5. The Balaban J connectivity index is 0.868. The van der Waals surface area contributed by atoms with Crippen molar-refractivity contribution in [2.45, 2.75) is 0 Å². The van der Waals surface area contributed by atoms with Crippen molar-refractivity contribution in [2.75, 3.05) is 0 Å². The molecule has 0 N–H and O–H groups in total. The minimum absolute atomic E-state index is 0.652. The highest BCUT2D eigenvalue weighted by Gasteiger charge is 2.26. The van der Waals surface area contributed by atoms with Crippen LogP contribution in [0.3, 0.4) is 0 Å². The van der Waals surface area contributed by atoms with Gasteiger partial charge in [0, 0.05) is 102 Å². The van der Waals surface area contributed by atoms with Gasteiger partial charge in [-0.2, -0.15) is 0 Å². The predicted octanol–water partition coefficient (Wildman–Crippen LogP) is 19.5. The van der Waals surface area contributed by atoms with Crippen LogP contribution in [-0.4, -0.2) is 28.7 Å². The van der Waals surface area contributed by atoms with Gasteiger partial charge in [0.2, 0.25) is 5.95 Å². The van der Waals surface area contributed by atoms with Crippen molar-refractivity contribution in [2.24, 2.45) is 0 Å². The lowest BCUT2D eigenvalue weighted by molar-refractivity contribution is 1.02. The zero-order valence-electron chi connectivity index (χ0n) is 42.1. The second kappa shape index (κ2) is 16.3. The molecule has 0 unspecified atom stereocenters. The van der Waals surface area contributed by atoms with Crippen LogP contribution < -0.4 is 0 Å². The molecule has 0 aliphatic carbocycles. The van der Waals surface area contributed by atoms with Crippen LogP contribution in [0, 0.1) is 0 Å². The van der Waals surface area contributed by atoms with E-state index in [9.17, 15) is 0 Å². The fourth-order valence-corrected chi connectivity index (χ4v) is 15.6. The topological polar surface area (TPSA) is 53.5 Å². The quantitative estimate of drug-likeness (QED) is 0.173. The third-order valence-electron chi connectivity index (χ3n) is 16.5. The minimum atomic E-state index is 0.652. The van der Waals surface area contributed by atoms with Gasteiger partial charge in [-0.15, -0.1) is 22.7 Å². The Bertz CT molecular complexity index is 5590. The Morgan fingerprint density at radius 1 is 0.329 bits per heavy atom. The lowest BCUT2D eigenvalue weighted by Gasteiger charge is -2.14. The van der Waals surface area contributed by atoms with Crippen LogP contribution >= 0.6 is 22.7 Å². The summed E-state index contributed by atoms with van der Waals surface area (Å²) in [4.78, 5) is 16.0. The molecule has 0 saturated heterocycles. The summed E-state index contributed by atoms with van der Waals surface area (Å²) in [7, 11) is 0. The summed E-state index contributed by atoms with van der Waals surface area (Å²) in [6.07, 6.45) is 1.98. The highest BCUT2D eigenvalue weighted by atomic mass is 32.1. The fraction of sp³-hybridized carbons (Fsp3) is 0. The molecule has 366 valence electrons. The number of hydrogen-bond donors (Lipinski definition) is 0. The van der Waals surface area contributed by atoms with Gasteiger partial charge in [-0.25, -0.2) is 15.0 Å². The Kier molecular flexibility index (Phi) is 8.89. The van der Waals surface area contributed by atoms with E-state index in [1.807, 2.05) is 28.9 Å². The third kappa shape index (κ3) is 6.01. The molecule has 8 heteroatoms.